The largest absolute Gasteiger partial charge is 0.206 e. The molecule has 152 valence electrons. The molecule has 4 aromatic carbocycles. The number of hydrogen-bond donors (Lipinski definition) is 0. The smallest absolute Gasteiger partial charge is 0.166 e. The Morgan fingerprint density at radius 3 is 2.23 bits per heavy atom. The van der Waals surface area contributed by atoms with Gasteiger partial charge >= 0.3 is 0 Å². The molecule has 31 heavy (non-hydrogen) atoms. The van der Waals surface area contributed by atoms with E-state index in [2.05, 4.69) is 18.4 Å². The Balaban J connectivity index is 1.55. The monoisotopic (exact) mass is 412 g/mol. The van der Waals surface area contributed by atoms with Gasteiger partial charge in [0.25, 0.3) is 0 Å². The van der Waals surface area contributed by atoms with Crippen LogP contribution in [0.15, 0.2) is 85.5 Å². The highest BCUT2D eigenvalue weighted by Gasteiger charge is 2.07. The van der Waals surface area contributed by atoms with Gasteiger partial charge in [-0.25, -0.2) is 13.2 Å². The van der Waals surface area contributed by atoms with Crippen LogP contribution in [-0.2, 0) is 6.42 Å². The molecule has 0 bridgehead atoms. The van der Waals surface area contributed by atoms with Gasteiger partial charge in [0.05, 0.1) is 0 Å². The van der Waals surface area contributed by atoms with E-state index in [-0.39, 0.29) is 11.2 Å². The highest BCUT2D eigenvalue weighted by atomic mass is 19.2. The van der Waals surface area contributed by atoms with Gasteiger partial charge in [-0.3, -0.25) is 0 Å². The minimum Gasteiger partial charge on any atom is -0.206 e. The minimum absolute atomic E-state index is 0.229. The van der Waals surface area contributed by atoms with Gasteiger partial charge < -0.3 is 0 Å². The number of rotatable bonds is 4. The highest BCUT2D eigenvalue weighted by molar-refractivity contribution is 5.84. The van der Waals surface area contributed by atoms with Crippen molar-refractivity contribution < 1.29 is 13.2 Å². The summed E-state index contributed by atoms with van der Waals surface area (Å²) in [6, 6.07) is 20.2. The molecule has 0 atom stereocenters. The van der Waals surface area contributed by atoms with Gasteiger partial charge in [-0.1, -0.05) is 54.3 Å². The van der Waals surface area contributed by atoms with Crippen LogP contribution in [0.1, 0.15) is 23.1 Å². The summed E-state index contributed by atoms with van der Waals surface area (Å²) in [5, 5.41) is 0.820. The molecule has 0 amide bonds. The van der Waals surface area contributed by atoms with Crippen molar-refractivity contribution in [2.24, 2.45) is 0 Å². The lowest BCUT2D eigenvalue weighted by molar-refractivity contribution is 0.517. The van der Waals surface area contributed by atoms with E-state index in [4.69, 9.17) is 0 Å². The van der Waals surface area contributed by atoms with Crippen molar-refractivity contribution in [1.29, 1.82) is 0 Å². The van der Waals surface area contributed by atoms with Crippen molar-refractivity contribution in [3.05, 3.63) is 120 Å². The third-order valence-corrected chi connectivity index (χ3v) is 5.12. The first kappa shape index (κ1) is 20.5. The second-order valence-corrected chi connectivity index (χ2v) is 7.27. The number of halogens is 3. The molecule has 0 N–H and O–H groups in total. The summed E-state index contributed by atoms with van der Waals surface area (Å²) in [4.78, 5) is 0. The van der Waals surface area contributed by atoms with E-state index in [1.807, 2.05) is 36.4 Å². The van der Waals surface area contributed by atoms with E-state index in [0.29, 0.717) is 16.5 Å². The second-order valence-electron chi connectivity index (χ2n) is 7.27. The Hall–Kier alpha value is -3.77. The molecular weight excluding hydrogens is 393 g/mol. The number of benzene rings is 4. The summed E-state index contributed by atoms with van der Waals surface area (Å²) in [7, 11) is 0. The number of allylic oxidation sites excluding steroid dienone is 1. The van der Waals surface area contributed by atoms with Gasteiger partial charge in [-0.05, 0) is 65.8 Å². The lowest BCUT2D eigenvalue weighted by atomic mass is 10.00. The maximum absolute atomic E-state index is 14.5. The zero-order chi connectivity index (χ0) is 21.8. The fraction of sp³-hybridized carbons (Fsp3) is 0.0714. The molecule has 0 heterocycles. The first-order valence-electron chi connectivity index (χ1n) is 9.95. The Labute approximate surface area is 179 Å². The third kappa shape index (κ3) is 4.54. The van der Waals surface area contributed by atoms with Gasteiger partial charge in [0.15, 0.2) is 11.6 Å². The first-order valence-corrected chi connectivity index (χ1v) is 9.95. The molecule has 3 heteroatoms. The number of fused-ring (bicyclic) bond motifs is 1. The molecule has 0 aliphatic rings. The molecule has 0 aliphatic carbocycles. The summed E-state index contributed by atoms with van der Waals surface area (Å²) >= 11 is 0. The zero-order valence-corrected chi connectivity index (χ0v) is 16.8. The first-order chi connectivity index (χ1) is 15.0. The van der Waals surface area contributed by atoms with Crippen LogP contribution in [0, 0.1) is 29.3 Å². The fourth-order valence-electron chi connectivity index (χ4n) is 3.44. The van der Waals surface area contributed by atoms with Crippen molar-refractivity contribution in [3.8, 4) is 23.0 Å². The summed E-state index contributed by atoms with van der Waals surface area (Å²) in [5.41, 5.74) is 3.75. The molecule has 0 spiro atoms. The normalized spacial score (nSPS) is 10.5. The summed E-state index contributed by atoms with van der Waals surface area (Å²) in [6.45, 7) is 3.69. The molecule has 0 aliphatic heterocycles. The Kier molecular flexibility index (Phi) is 5.91. The van der Waals surface area contributed by atoms with Crippen molar-refractivity contribution in [2.75, 3.05) is 0 Å². The fourth-order valence-corrected chi connectivity index (χ4v) is 3.44. The molecule has 0 fully saturated rings. The molecule has 4 rings (SSSR count). The topological polar surface area (TPSA) is 0 Å². The van der Waals surface area contributed by atoms with Crippen LogP contribution in [0.5, 0.6) is 0 Å². The van der Waals surface area contributed by atoms with E-state index >= 15 is 0 Å². The Morgan fingerprint density at radius 2 is 1.48 bits per heavy atom. The van der Waals surface area contributed by atoms with Gasteiger partial charge in [0.1, 0.15) is 5.82 Å². The van der Waals surface area contributed by atoms with Crippen LogP contribution in [-0.4, -0.2) is 0 Å². The van der Waals surface area contributed by atoms with Crippen LogP contribution in [0.2, 0.25) is 0 Å². The molecular formula is C28H19F3. The van der Waals surface area contributed by atoms with Crippen molar-refractivity contribution in [3.63, 3.8) is 0 Å². The zero-order valence-electron chi connectivity index (χ0n) is 16.8. The van der Waals surface area contributed by atoms with Crippen molar-refractivity contribution >= 4 is 10.8 Å². The predicted molar refractivity (Wildman–Crippen MR) is 120 cm³/mol. The highest BCUT2D eigenvalue weighted by Crippen LogP contribution is 2.25. The van der Waals surface area contributed by atoms with E-state index < -0.39 is 11.6 Å². The molecule has 0 saturated heterocycles. The van der Waals surface area contributed by atoms with E-state index in [0.717, 1.165) is 35.6 Å². The van der Waals surface area contributed by atoms with E-state index in [1.54, 1.807) is 24.3 Å². The lowest BCUT2D eigenvalue weighted by Crippen LogP contribution is -1.90. The average Bonchev–Trinajstić information content (AvgIpc) is 2.79. The van der Waals surface area contributed by atoms with Crippen molar-refractivity contribution in [2.45, 2.75) is 12.8 Å². The van der Waals surface area contributed by atoms with Gasteiger partial charge in [-0.2, -0.15) is 0 Å². The molecule has 0 aromatic heterocycles. The summed E-state index contributed by atoms with van der Waals surface area (Å²) in [5.74, 6) is 4.12. The third-order valence-electron chi connectivity index (χ3n) is 5.12. The quantitative estimate of drug-likeness (QED) is 0.241. The summed E-state index contributed by atoms with van der Waals surface area (Å²) < 4.78 is 41.7. The van der Waals surface area contributed by atoms with Crippen LogP contribution in [0.25, 0.3) is 21.9 Å². The Morgan fingerprint density at radius 1 is 0.742 bits per heavy atom. The molecule has 0 nitrogen and oxygen atoms in total. The van der Waals surface area contributed by atoms with Gasteiger partial charge in [0, 0.05) is 22.1 Å². The standard InChI is InChI=1S/C28H19F3/c1-2-3-4-20-9-14-24(27(30)18-20)22-11-7-19(8-12-22)5-6-21-10-15-25-23(17-21)13-16-26(29)28(25)31/h2,7-18H,1,3-4H2. The lowest BCUT2D eigenvalue weighted by Gasteiger charge is -2.06. The molecule has 0 saturated carbocycles. The van der Waals surface area contributed by atoms with E-state index in [1.165, 1.54) is 12.1 Å². The average molecular weight is 412 g/mol. The molecule has 4 aromatic rings. The van der Waals surface area contributed by atoms with Gasteiger partial charge in [0.2, 0.25) is 0 Å². The minimum atomic E-state index is -0.866. The van der Waals surface area contributed by atoms with Crippen molar-refractivity contribution in [1.82, 2.24) is 0 Å². The second kappa shape index (κ2) is 8.93. The van der Waals surface area contributed by atoms with E-state index in [9.17, 15) is 13.2 Å². The number of hydrogen-bond acceptors (Lipinski definition) is 0. The predicted octanol–water partition coefficient (Wildman–Crippen LogP) is 7.44. The van der Waals surface area contributed by atoms with Crippen LogP contribution in [0.4, 0.5) is 13.2 Å². The van der Waals surface area contributed by atoms with Crippen LogP contribution < -0.4 is 0 Å². The maximum Gasteiger partial charge on any atom is 0.166 e. The molecule has 0 radical (unpaired) electrons. The molecule has 0 unspecified atom stereocenters. The van der Waals surface area contributed by atoms with Crippen LogP contribution >= 0.6 is 0 Å². The van der Waals surface area contributed by atoms with Crippen LogP contribution in [0.3, 0.4) is 0 Å². The summed E-state index contributed by atoms with van der Waals surface area (Å²) in [6.07, 6.45) is 3.41. The maximum atomic E-state index is 14.5. The SMILES string of the molecule is C=CCCc1ccc(-c2ccc(C#Cc3ccc4c(F)c(F)ccc4c3)cc2)c(F)c1. The Bertz CT molecular complexity index is 1320. The number of aryl methyl sites for hydroxylation is 1. The van der Waals surface area contributed by atoms with Gasteiger partial charge in [-0.15, -0.1) is 6.58 Å².